The fraction of sp³-hybridized carbons (Fsp3) is 0.118. The predicted octanol–water partition coefficient (Wildman–Crippen LogP) is 2.92. The van der Waals surface area contributed by atoms with Crippen LogP contribution in [0.5, 0.6) is 5.75 Å². The highest BCUT2D eigenvalue weighted by Gasteiger charge is 2.12. The third kappa shape index (κ3) is 5.25. The normalized spacial score (nSPS) is 10.3. The molecule has 0 radical (unpaired) electrons. The summed E-state index contributed by atoms with van der Waals surface area (Å²) in [6.45, 7) is 0. The van der Waals surface area contributed by atoms with Gasteiger partial charge < -0.3 is 15.4 Å². The molecule has 2 amide bonds. The van der Waals surface area contributed by atoms with Gasteiger partial charge in [0.25, 0.3) is 5.91 Å². The molecule has 8 nitrogen and oxygen atoms in total. The average molecular weight is 401 g/mol. The predicted molar refractivity (Wildman–Crippen MR) is 104 cm³/mol. The van der Waals surface area contributed by atoms with Gasteiger partial charge in [-0.05, 0) is 24.3 Å². The summed E-state index contributed by atoms with van der Waals surface area (Å²) in [5, 5.41) is 13.1. The highest BCUT2D eigenvalue weighted by atomic mass is 32.2. The van der Waals surface area contributed by atoms with Gasteiger partial charge >= 0.3 is 0 Å². The minimum absolute atomic E-state index is 0.176. The number of pyridine rings is 1. The van der Waals surface area contributed by atoms with E-state index in [-0.39, 0.29) is 17.6 Å². The summed E-state index contributed by atoms with van der Waals surface area (Å²) in [5.41, 5.74) is 3.11. The van der Waals surface area contributed by atoms with Gasteiger partial charge in [0.2, 0.25) is 5.91 Å². The van der Waals surface area contributed by atoms with Crippen molar-refractivity contribution in [2.24, 2.45) is 0 Å². The molecule has 0 aliphatic rings. The number of anilines is 2. The number of hydrogen-bond donors (Lipinski definition) is 2. The van der Waals surface area contributed by atoms with Crippen molar-refractivity contribution in [3.63, 3.8) is 0 Å². The molecule has 3 aromatic rings. The molecular weight excluding hydrogens is 386 g/mol. The summed E-state index contributed by atoms with van der Waals surface area (Å²) in [7, 11) is 1.49. The Labute approximate surface area is 163 Å². The zero-order valence-electron chi connectivity index (χ0n) is 14.2. The quantitative estimate of drug-likeness (QED) is 0.586. The fourth-order valence-electron chi connectivity index (χ4n) is 2.11. The second-order valence-corrected chi connectivity index (χ2v) is 7.21. The molecule has 0 saturated carbocycles. The molecular formula is C17H15N5O3S2. The molecule has 3 rings (SSSR count). The van der Waals surface area contributed by atoms with E-state index < -0.39 is 0 Å². The number of amides is 2. The number of benzene rings is 1. The van der Waals surface area contributed by atoms with E-state index in [1.165, 1.54) is 36.4 Å². The van der Waals surface area contributed by atoms with Crippen LogP contribution in [0.1, 0.15) is 10.4 Å². The van der Waals surface area contributed by atoms with Gasteiger partial charge in [-0.15, -0.1) is 10.2 Å². The van der Waals surface area contributed by atoms with Gasteiger partial charge in [-0.1, -0.05) is 23.1 Å². The molecule has 138 valence electrons. The number of carbonyl (C=O) groups is 2. The van der Waals surface area contributed by atoms with E-state index in [4.69, 9.17) is 4.74 Å². The minimum atomic E-state index is -0.299. The molecule has 27 heavy (non-hydrogen) atoms. The van der Waals surface area contributed by atoms with E-state index in [0.717, 1.165) is 4.34 Å². The summed E-state index contributed by atoms with van der Waals surface area (Å²) in [6, 6.07) is 8.35. The molecule has 1 aromatic carbocycles. The number of hydrogen-bond acceptors (Lipinski definition) is 8. The first-order chi connectivity index (χ1) is 13.2. The molecule has 0 saturated heterocycles. The van der Waals surface area contributed by atoms with Gasteiger partial charge in [-0.25, -0.2) is 0 Å². The van der Waals surface area contributed by atoms with E-state index in [0.29, 0.717) is 22.7 Å². The minimum Gasteiger partial charge on any atom is -0.494 e. The number of rotatable bonds is 7. The Bertz CT molecular complexity index is 920. The first-order valence-corrected chi connectivity index (χ1v) is 9.60. The Morgan fingerprint density at radius 2 is 2.15 bits per heavy atom. The molecule has 0 aliphatic carbocycles. The lowest BCUT2D eigenvalue weighted by Gasteiger charge is -2.12. The Kier molecular flexibility index (Phi) is 6.34. The molecule has 2 N–H and O–H groups in total. The molecule has 0 fully saturated rings. The lowest BCUT2D eigenvalue weighted by molar-refractivity contribution is -0.113. The van der Waals surface area contributed by atoms with Gasteiger partial charge in [0.15, 0.2) is 4.34 Å². The topological polar surface area (TPSA) is 106 Å². The van der Waals surface area contributed by atoms with Crippen LogP contribution in [0.4, 0.5) is 11.4 Å². The number of carbonyl (C=O) groups excluding carboxylic acids is 2. The number of thioether (sulfide) groups is 1. The third-order valence-corrected chi connectivity index (χ3v) is 5.18. The van der Waals surface area contributed by atoms with Gasteiger partial charge in [0.05, 0.1) is 24.1 Å². The van der Waals surface area contributed by atoms with Crippen LogP contribution in [-0.2, 0) is 4.79 Å². The Balaban J connectivity index is 1.63. The maximum atomic E-state index is 12.3. The summed E-state index contributed by atoms with van der Waals surface area (Å²) < 4.78 is 6.05. The Hall–Kier alpha value is -2.98. The summed E-state index contributed by atoms with van der Waals surface area (Å²) in [6.07, 6.45) is 3.07. The average Bonchev–Trinajstić information content (AvgIpc) is 3.22. The number of methoxy groups -OCH3 is 1. The molecule has 0 bridgehead atoms. The van der Waals surface area contributed by atoms with Crippen LogP contribution >= 0.6 is 23.1 Å². The van der Waals surface area contributed by atoms with Crippen LogP contribution in [0.15, 0.2) is 52.6 Å². The number of aromatic nitrogens is 3. The van der Waals surface area contributed by atoms with Crippen LogP contribution < -0.4 is 15.4 Å². The second-order valence-electron chi connectivity index (χ2n) is 5.15. The molecule has 0 aliphatic heterocycles. The van der Waals surface area contributed by atoms with Crippen molar-refractivity contribution in [1.82, 2.24) is 15.2 Å². The summed E-state index contributed by atoms with van der Waals surface area (Å²) in [5.74, 6) is 0.176. The Morgan fingerprint density at radius 1 is 1.26 bits per heavy atom. The van der Waals surface area contributed by atoms with Crippen LogP contribution in [-0.4, -0.2) is 39.9 Å². The SMILES string of the molecule is COc1cc(NC(=O)CSc2nncs2)ccc1NC(=O)c1cccnc1. The summed E-state index contributed by atoms with van der Waals surface area (Å²) >= 11 is 2.69. The zero-order valence-corrected chi connectivity index (χ0v) is 15.8. The van der Waals surface area contributed by atoms with Gasteiger partial charge in [0, 0.05) is 24.1 Å². The summed E-state index contributed by atoms with van der Waals surface area (Å²) in [4.78, 5) is 28.2. The monoisotopic (exact) mass is 401 g/mol. The molecule has 0 atom stereocenters. The maximum Gasteiger partial charge on any atom is 0.257 e. The van der Waals surface area contributed by atoms with Gasteiger partial charge in [-0.3, -0.25) is 14.6 Å². The first kappa shape index (κ1) is 18.8. The molecule has 0 unspecified atom stereocenters. The largest absolute Gasteiger partial charge is 0.494 e. The number of nitrogens with zero attached hydrogens (tertiary/aromatic N) is 3. The lowest BCUT2D eigenvalue weighted by Crippen LogP contribution is -2.15. The van der Waals surface area contributed by atoms with E-state index in [1.54, 1.807) is 42.0 Å². The van der Waals surface area contributed by atoms with Crippen molar-refractivity contribution in [2.45, 2.75) is 4.34 Å². The van der Waals surface area contributed by atoms with Crippen molar-refractivity contribution in [1.29, 1.82) is 0 Å². The van der Waals surface area contributed by atoms with E-state index in [2.05, 4.69) is 25.8 Å². The van der Waals surface area contributed by atoms with Crippen molar-refractivity contribution in [3.8, 4) is 5.75 Å². The third-order valence-electron chi connectivity index (χ3n) is 3.32. The van der Waals surface area contributed by atoms with Gasteiger partial charge in [-0.2, -0.15) is 0 Å². The highest BCUT2D eigenvalue weighted by Crippen LogP contribution is 2.28. The van der Waals surface area contributed by atoms with Crippen molar-refractivity contribution in [3.05, 3.63) is 53.8 Å². The standard InChI is InChI=1S/C17H15N5O3S2/c1-25-14-7-12(20-15(23)9-26-17-22-19-10-27-17)4-5-13(14)21-16(24)11-3-2-6-18-8-11/h2-8,10H,9H2,1H3,(H,20,23)(H,21,24). The number of ether oxygens (including phenoxy) is 1. The number of nitrogens with one attached hydrogen (secondary N) is 2. The van der Waals surface area contributed by atoms with E-state index in [9.17, 15) is 9.59 Å². The van der Waals surface area contributed by atoms with Crippen molar-refractivity contribution < 1.29 is 14.3 Å². The Morgan fingerprint density at radius 3 is 2.85 bits per heavy atom. The van der Waals surface area contributed by atoms with E-state index >= 15 is 0 Å². The first-order valence-electron chi connectivity index (χ1n) is 7.74. The fourth-order valence-corrected chi connectivity index (χ4v) is 3.40. The highest BCUT2D eigenvalue weighted by molar-refractivity contribution is 8.01. The molecule has 2 heterocycles. The smallest absolute Gasteiger partial charge is 0.257 e. The van der Waals surface area contributed by atoms with E-state index in [1.807, 2.05) is 0 Å². The van der Waals surface area contributed by atoms with Gasteiger partial charge in [0.1, 0.15) is 11.3 Å². The maximum absolute atomic E-state index is 12.3. The lowest BCUT2D eigenvalue weighted by atomic mass is 10.2. The molecule has 2 aromatic heterocycles. The van der Waals surface area contributed by atoms with Crippen LogP contribution in [0.2, 0.25) is 0 Å². The molecule has 10 heteroatoms. The van der Waals surface area contributed by atoms with Crippen LogP contribution in [0, 0.1) is 0 Å². The zero-order chi connectivity index (χ0) is 19.1. The van der Waals surface area contributed by atoms with Crippen LogP contribution in [0.25, 0.3) is 0 Å². The second kappa shape index (κ2) is 9.10. The van der Waals surface area contributed by atoms with Crippen molar-refractivity contribution in [2.75, 3.05) is 23.5 Å². The molecule has 0 spiro atoms. The van der Waals surface area contributed by atoms with Crippen molar-refractivity contribution >= 4 is 46.3 Å². The van der Waals surface area contributed by atoms with Crippen LogP contribution in [0.3, 0.4) is 0 Å².